The van der Waals surface area contributed by atoms with E-state index in [1.54, 1.807) is 18.3 Å². The van der Waals surface area contributed by atoms with Crippen molar-refractivity contribution >= 4 is 16.9 Å². The van der Waals surface area contributed by atoms with E-state index in [1.165, 1.54) is 5.56 Å². The highest BCUT2D eigenvalue weighted by Gasteiger charge is 2.10. The second-order valence-electron chi connectivity index (χ2n) is 5.08. The van der Waals surface area contributed by atoms with Gasteiger partial charge in [-0.2, -0.15) is 0 Å². The summed E-state index contributed by atoms with van der Waals surface area (Å²) in [4.78, 5) is 15.0. The van der Waals surface area contributed by atoms with Crippen LogP contribution < -0.4 is 5.32 Å². The standard InChI is InChI=1S/C17H16N2O3/c20-17(21)16-9-14-8-13(3-4-15(14)22-16)11-19-7-5-12-2-1-6-18-10-12/h1-4,6,8-10,19H,5,7,11H2,(H,20,21). The van der Waals surface area contributed by atoms with E-state index >= 15 is 0 Å². The average Bonchev–Trinajstić information content (AvgIpc) is 2.96. The molecular formula is C17H16N2O3. The van der Waals surface area contributed by atoms with Gasteiger partial charge in [0.05, 0.1) is 0 Å². The van der Waals surface area contributed by atoms with Crippen LogP contribution >= 0.6 is 0 Å². The van der Waals surface area contributed by atoms with Crippen LogP contribution in [-0.4, -0.2) is 22.6 Å². The molecule has 0 unspecified atom stereocenters. The number of hydrogen-bond donors (Lipinski definition) is 2. The van der Waals surface area contributed by atoms with E-state index in [0.29, 0.717) is 5.58 Å². The molecule has 0 aliphatic rings. The van der Waals surface area contributed by atoms with Crippen LogP contribution in [0.2, 0.25) is 0 Å². The Morgan fingerprint density at radius 3 is 2.91 bits per heavy atom. The number of fused-ring (bicyclic) bond motifs is 1. The molecule has 0 spiro atoms. The monoisotopic (exact) mass is 296 g/mol. The molecule has 2 heterocycles. The largest absolute Gasteiger partial charge is 0.475 e. The summed E-state index contributed by atoms with van der Waals surface area (Å²) in [6.07, 6.45) is 4.56. The molecule has 3 aromatic rings. The molecule has 0 aliphatic carbocycles. The topological polar surface area (TPSA) is 75.4 Å². The highest BCUT2D eigenvalue weighted by atomic mass is 16.4. The van der Waals surface area contributed by atoms with Gasteiger partial charge in [-0.3, -0.25) is 4.98 Å². The van der Waals surface area contributed by atoms with Crippen LogP contribution in [0.3, 0.4) is 0 Å². The predicted molar refractivity (Wildman–Crippen MR) is 82.8 cm³/mol. The van der Waals surface area contributed by atoms with Crippen molar-refractivity contribution in [3.05, 3.63) is 65.7 Å². The van der Waals surface area contributed by atoms with E-state index in [0.717, 1.165) is 30.5 Å². The van der Waals surface area contributed by atoms with Crippen molar-refractivity contribution in [1.29, 1.82) is 0 Å². The number of benzene rings is 1. The Kier molecular flexibility index (Phi) is 4.16. The second-order valence-corrected chi connectivity index (χ2v) is 5.08. The fraction of sp³-hybridized carbons (Fsp3) is 0.176. The van der Waals surface area contributed by atoms with Gasteiger partial charge in [-0.15, -0.1) is 0 Å². The molecule has 0 saturated carbocycles. The average molecular weight is 296 g/mol. The maximum atomic E-state index is 10.9. The third-order valence-electron chi connectivity index (χ3n) is 3.43. The zero-order valence-corrected chi connectivity index (χ0v) is 12.0. The van der Waals surface area contributed by atoms with Crippen molar-refractivity contribution in [2.24, 2.45) is 0 Å². The Hall–Kier alpha value is -2.66. The summed E-state index contributed by atoms with van der Waals surface area (Å²) in [5.74, 6) is -1.08. The highest BCUT2D eigenvalue weighted by Crippen LogP contribution is 2.20. The molecule has 112 valence electrons. The molecule has 2 N–H and O–H groups in total. The summed E-state index contributed by atoms with van der Waals surface area (Å²) in [5.41, 5.74) is 2.89. The van der Waals surface area contributed by atoms with Crippen LogP contribution in [-0.2, 0) is 13.0 Å². The summed E-state index contributed by atoms with van der Waals surface area (Å²) in [6, 6.07) is 11.2. The molecule has 5 heteroatoms. The van der Waals surface area contributed by atoms with E-state index in [9.17, 15) is 4.79 Å². The van der Waals surface area contributed by atoms with E-state index in [1.807, 2.05) is 24.4 Å². The van der Waals surface area contributed by atoms with Crippen LogP contribution in [0.15, 0.2) is 53.2 Å². The molecule has 5 nitrogen and oxygen atoms in total. The first kappa shape index (κ1) is 14.3. The van der Waals surface area contributed by atoms with Gasteiger partial charge in [-0.25, -0.2) is 4.79 Å². The number of rotatable bonds is 6. The van der Waals surface area contributed by atoms with Gasteiger partial charge in [-0.1, -0.05) is 12.1 Å². The van der Waals surface area contributed by atoms with Gasteiger partial charge in [0.1, 0.15) is 5.58 Å². The van der Waals surface area contributed by atoms with Gasteiger partial charge in [0.2, 0.25) is 5.76 Å². The first-order valence-electron chi connectivity index (χ1n) is 7.08. The minimum atomic E-state index is -1.05. The smallest absolute Gasteiger partial charge is 0.371 e. The third kappa shape index (κ3) is 3.32. The summed E-state index contributed by atoms with van der Waals surface area (Å²) in [6.45, 7) is 1.58. The van der Waals surface area contributed by atoms with Gasteiger partial charge >= 0.3 is 5.97 Å². The maximum Gasteiger partial charge on any atom is 0.371 e. The number of aromatic carboxylic acids is 1. The lowest BCUT2D eigenvalue weighted by Crippen LogP contribution is -2.16. The number of aromatic nitrogens is 1. The number of carboxylic acids is 1. The minimum Gasteiger partial charge on any atom is -0.475 e. The molecule has 0 saturated heterocycles. The molecule has 0 amide bonds. The lowest BCUT2D eigenvalue weighted by Gasteiger charge is -2.05. The van der Waals surface area contributed by atoms with Crippen molar-refractivity contribution in [3.8, 4) is 0 Å². The van der Waals surface area contributed by atoms with Gasteiger partial charge in [0, 0.05) is 24.3 Å². The number of nitrogens with zero attached hydrogens (tertiary/aromatic N) is 1. The van der Waals surface area contributed by atoms with Crippen LogP contribution in [0, 0.1) is 0 Å². The molecule has 22 heavy (non-hydrogen) atoms. The van der Waals surface area contributed by atoms with Crippen molar-refractivity contribution in [2.75, 3.05) is 6.54 Å². The zero-order chi connectivity index (χ0) is 15.4. The Bertz CT molecular complexity index is 781. The Balaban J connectivity index is 1.58. The molecule has 1 aromatic carbocycles. The number of nitrogens with one attached hydrogen (secondary N) is 1. The van der Waals surface area contributed by atoms with Gasteiger partial charge in [-0.05, 0) is 48.4 Å². The van der Waals surface area contributed by atoms with E-state index in [-0.39, 0.29) is 5.76 Å². The molecule has 2 aromatic heterocycles. The maximum absolute atomic E-state index is 10.9. The summed E-state index contributed by atoms with van der Waals surface area (Å²) < 4.78 is 5.24. The second kappa shape index (κ2) is 6.41. The molecule has 0 atom stereocenters. The van der Waals surface area contributed by atoms with E-state index < -0.39 is 5.97 Å². The van der Waals surface area contributed by atoms with Crippen molar-refractivity contribution in [1.82, 2.24) is 10.3 Å². The first-order chi connectivity index (χ1) is 10.7. The van der Waals surface area contributed by atoms with Crippen molar-refractivity contribution < 1.29 is 14.3 Å². The van der Waals surface area contributed by atoms with E-state index in [4.69, 9.17) is 9.52 Å². The normalized spacial score (nSPS) is 10.9. The van der Waals surface area contributed by atoms with Crippen LogP contribution in [0.5, 0.6) is 0 Å². The fourth-order valence-electron chi connectivity index (χ4n) is 2.32. The number of hydrogen-bond acceptors (Lipinski definition) is 4. The highest BCUT2D eigenvalue weighted by molar-refractivity contribution is 5.91. The fourth-order valence-corrected chi connectivity index (χ4v) is 2.32. The first-order valence-corrected chi connectivity index (χ1v) is 7.08. The van der Waals surface area contributed by atoms with Crippen LogP contribution in [0.25, 0.3) is 11.0 Å². The number of carboxylic acid groups (broad SMARTS) is 1. The van der Waals surface area contributed by atoms with Gasteiger partial charge in [0.15, 0.2) is 0 Å². The minimum absolute atomic E-state index is 0.0308. The lowest BCUT2D eigenvalue weighted by atomic mass is 10.1. The molecular weight excluding hydrogens is 280 g/mol. The summed E-state index contributed by atoms with van der Waals surface area (Å²) in [7, 11) is 0. The number of carbonyl (C=O) groups is 1. The van der Waals surface area contributed by atoms with Crippen LogP contribution in [0.4, 0.5) is 0 Å². The van der Waals surface area contributed by atoms with Crippen LogP contribution in [0.1, 0.15) is 21.7 Å². The molecule has 0 fully saturated rings. The number of furan rings is 1. The predicted octanol–water partition coefficient (Wildman–Crippen LogP) is 2.86. The van der Waals surface area contributed by atoms with Crippen molar-refractivity contribution in [3.63, 3.8) is 0 Å². The van der Waals surface area contributed by atoms with Gasteiger partial charge in [0.25, 0.3) is 0 Å². The third-order valence-corrected chi connectivity index (χ3v) is 3.43. The Morgan fingerprint density at radius 2 is 2.14 bits per heavy atom. The quantitative estimate of drug-likeness (QED) is 0.684. The molecule has 0 radical (unpaired) electrons. The molecule has 0 aliphatic heterocycles. The Labute approximate surface area is 127 Å². The van der Waals surface area contributed by atoms with Crippen molar-refractivity contribution in [2.45, 2.75) is 13.0 Å². The zero-order valence-electron chi connectivity index (χ0n) is 12.0. The number of pyridine rings is 1. The molecule has 3 rings (SSSR count). The molecule has 0 bridgehead atoms. The SMILES string of the molecule is O=C(O)c1cc2cc(CNCCc3cccnc3)ccc2o1. The Morgan fingerprint density at radius 1 is 1.23 bits per heavy atom. The van der Waals surface area contributed by atoms with E-state index in [2.05, 4.69) is 16.4 Å². The summed E-state index contributed by atoms with van der Waals surface area (Å²) >= 11 is 0. The van der Waals surface area contributed by atoms with Gasteiger partial charge < -0.3 is 14.8 Å². The lowest BCUT2D eigenvalue weighted by molar-refractivity contribution is 0.0665. The summed E-state index contributed by atoms with van der Waals surface area (Å²) in [5, 5.41) is 13.1.